The maximum atomic E-state index is 12.2. The van der Waals surface area contributed by atoms with Crippen molar-refractivity contribution in [3.05, 3.63) is 52.0 Å². The SMILES string of the molecule is CCc1cnc(CNC(=O)C(CN)c2ccccc2)s1. The van der Waals surface area contributed by atoms with Crippen LogP contribution in [0.25, 0.3) is 0 Å². The number of hydrogen-bond acceptors (Lipinski definition) is 4. The monoisotopic (exact) mass is 289 g/mol. The van der Waals surface area contributed by atoms with E-state index in [0.717, 1.165) is 17.0 Å². The first kappa shape index (κ1) is 14.7. The predicted molar refractivity (Wildman–Crippen MR) is 81.6 cm³/mol. The van der Waals surface area contributed by atoms with E-state index in [4.69, 9.17) is 5.73 Å². The summed E-state index contributed by atoms with van der Waals surface area (Å²) in [5.74, 6) is -0.353. The van der Waals surface area contributed by atoms with Crippen LogP contribution in [0.3, 0.4) is 0 Å². The van der Waals surface area contributed by atoms with Crippen LogP contribution in [0.4, 0.5) is 0 Å². The lowest BCUT2D eigenvalue weighted by Crippen LogP contribution is -2.33. The van der Waals surface area contributed by atoms with Crippen molar-refractivity contribution in [2.75, 3.05) is 6.54 Å². The van der Waals surface area contributed by atoms with E-state index in [9.17, 15) is 4.79 Å². The van der Waals surface area contributed by atoms with E-state index >= 15 is 0 Å². The van der Waals surface area contributed by atoms with E-state index in [1.807, 2.05) is 36.5 Å². The van der Waals surface area contributed by atoms with Gasteiger partial charge < -0.3 is 11.1 Å². The van der Waals surface area contributed by atoms with Crippen molar-refractivity contribution in [1.82, 2.24) is 10.3 Å². The van der Waals surface area contributed by atoms with Crippen LogP contribution in [0.2, 0.25) is 0 Å². The number of benzene rings is 1. The van der Waals surface area contributed by atoms with Crippen LogP contribution in [0.1, 0.15) is 28.3 Å². The third-order valence-corrected chi connectivity index (χ3v) is 4.26. The highest BCUT2D eigenvalue weighted by Gasteiger charge is 2.18. The number of carbonyl (C=O) groups is 1. The van der Waals surface area contributed by atoms with Gasteiger partial charge in [-0.05, 0) is 12.0 Å². The van der Waals surface area contributed by atoms with Gasteiger partial charge in [-0.3, -0.25) is 4.79 Å². The fourth-order valence-corrected chi connectivity index (χ4v) is 2.76. The van der Waals surface area contributed by atoms with Gasteiger partial charge in [-0.2, -0.15) is 0 Å². The first-order valence-corrected chi connectivity index (χ1v) is 7.52. The number of nitrogens with one attached hydrogen (secondary N) is 1. The maximum Gasteiger partial charge on any atom is 0.229 e. The number of aryl methyl sites for hydroxylation is 1. The Bertz CT molecular complexity index is 553. The molecule has 3 N–H and O–H groups in total. The second-order valence-corrected chi connectivity index (χ2v) is 5.69. The van der Waals surface area contributed by atoms with Gasteiger partial charge in [0.25, 0.3) is 0 Å². The third-order valence-electron chi connectivity index (χ3n) is 3.12. The largest absolute Gasteiger partial charge is 0.349 e. The Hall–Kier alpha value is -1.72. The molecule has 1 amide bonds. The van der Waals surface area contributed by atoms with Gasteiger partial charge in [0.1, 0.15) is 5.01 Å². The van der Waals surface area contributed by atoms with Gasteiger partial charge in [0, 0.05) is 17.6 Å². The van der Waals surface area contributed by atoms with Crippen molar-refractivity contribution in [2.45, 2.75) is 25.8 Å². The van der Waals surface area contributed by atoms with Crippen molar-refractivity contribution in [3.8, 4) is 0 Å². The van der Waals surface area contributed by atoms with Crippen LogP contribution in [-0.4, -0.2) is 17.4 Å². The molecular weight excluding hydrogens is 270 g/mol. The number of amides is 1. The quantitative estimate of drug-likeness (QED) is 0.855. The minimum atomic E-state index is -0.304. The summed E-state index contributed by atoms with van der Waals surface area (Å²) in [6.45, 7) is 2.86. The average Bonchev–Trinajstić information content (AvgIpc) is 2.95. The second-order valence-electron chi connectivity index (χ2n) is 4.49. The van der Waals surface area contributed by atoms with Gasteiger partial charge in [0.05, 0.1) is 12.5 Å². The van der Waals surface area contributed by atoms with Crippen molar-refractivity contribution < 1.29 is 4.79 Å². The minimum Gasteiger partial charge on any atom is -0.349 e. The minimum absolute atomic E-state index is 0.0491. The molecule has 1 unspecified atom stereocenters. The van der Waals surface area contributed by atoms with Crippen molar-refractivity contribution in [2.24, 2.45) is 5.73 Å². The highest BCUT2D eigenvalue weighted by Crippen LogP contribution is 2.16. The van der Waals surface area contributed by atoms with Crippen LogP contribution >= 0.6 is 11.3 Å². The summed E-state index contributed by atoms with van der Waals surface area (Å²) in [7, 11) is 0. The zero-order valence-corrected chi connectivity index (χ0v) is 12.3. The number of carbonyl (C=O) groups excluding carboxylic acids is 1. The summed E-state index contributed by atoms with van der Waals surface area (Å²) in [5, 5.41) is 3.84. The molecule has 0 saturated carbocycles. The Morgan fingerprint density at radius 2 is 2.15 bits per heavy atom. The molecule has 0 aliphatic rings. The number of rotatable bonds is 6. The Labute approximate surface area is 123 Å². The van der Waals surface area contributed by atoms with Gasteiger partial charge in [0.2, 0.25) is 5.91 Å². The summed E-state index contributed by atoms with van der Waals surface area (Å²) in [5.41, 5.74) is 6.67. The summed E-state index contributed by atoms with van der Waals surface area (Å²) in [6.07, 6.45) is 2.84. The number of nitrogens with zero attached hydrogens (tertiary/aromatic N) is 1. The molecule has 0 bridgehead atoms. The highest BCUT2D eigenvalue weighted by atomic mass is 32.1. The van der Waals surface area contributed by atoms with E-state index in [-0.39, 0.29) is 11.8 Å². The van der Waals surface area contributed by atoms with E-state index in [1.165, 1.54) is 4.88 Å². The zero-order valence-electron chi connectivity index (χ0n) is 11.5. The van der Waals surface area contributed by atoms with E-state index in [2.05, 4.69) is 17.2 Å². The van der Waals surface area contributed by atoms with E-state index in [1.54, 1.807) is 11.3 Å². The molecule has 20 heavy (non-hydrogen) atoms. The number of aromatic nitrogens is 1. The molecule has 0 spiro atoms. The Morgan fingerprint density at radius 3 is 2.75 bits per heavy atom. The van der Waals surface area contributed by atoms with Gasteiger partial charge >= 0.3 is 0 Å². The lowest BCUT2D eigenvalue weighted by molar-refractivity contribution is -0.122. The fourth-order valence-electron chi connectivity index (χ4n) is 1.96. The van der Waals surface area contributed by atoms with Crippen LogP contribution in [0.5, 0.6) is 0 Å². The molecule has 0 saturated heterocycles. The first-order chi connectivity index (χ1) is 9.74. The average molecular weight is 289 g/mol. The van der Waals surface area contributed by atoms with Gasteiger partial charge in [0.15, 0.2) is 0 Å². The van der Waals surface area contributed by atoms with Crippen LogP contribution in [0.15, 0.2) is 36.5 Å². The summed E-state index contributed by atoms with van der Waals surface area (Å²) >= 11 is 1.63. The number of nitrogens with two attached hydrogens (primary N) is 1. The van der Waals surface area contributed by atoms with Crippen LogP contribution in [0, 0.1) is 0 Å². The molecule has 1 heterocycles. The molecule has 1 aromatic heterocycles. The fraction of sp³-hybridized carbons (Fsp3) is 0.333. The summed E-state index contributed by atoms with van der Waals surface area (Å²) in [4.78, 5) is 17.7. The second kappa shape index (κ2) is 7.17. The molecule has 5 heteroatoms. The Kier molecular flexibility index (Phi) is 5.26. The van der Waals surface area contributed by atoms with E-state index < -0.39 is 0 Å². The van der Waals surface area contributed by atoms with Gasteiger partial charge in [-0.1, -0.05) is 37.3 Å². The Balaban J connectivity index is 1.96. The zero-order chi connectivity index (χ0) is 14.4. The standard InChI is InChI=1S/C15H19N3OS/c1-2-12-9-17-14(20-12)10-18-15(19)13(8-16)11-6-4-3-5-7-11/h3-7,9,13H,2,8,10,16H2,1H3,(H,18,19). The normalized spacial score (nSPS) is 12.1. The number of thiazole rings is 1. The first-order valence-electron chi connectivity index (χ1n) is 6.71. The molecule has 4 nitrogen and oxygen atoms in total. The molecule has 2 rings (SSSR count). The molecule has 0 aliphatic heterocycles. The molecule has 0 aliphatic carbocycles. The topological polar surface area (TPSA) is 68.0 Å². The van der Waals surface area contributed by atoms with Crippen LogP contribution < -0.4 is 11.1 Å². The molecule has 2 aromatic rings. The van der Waals surface area contributed by atoms with Crippen molar-refractivity contribution in [1.29, 1.82) is 0 Å². The molecule has 1 aromatic carbocycles. The summed E-state index contributed by atoms with van der Waals surface area (Å²) < 4.78 is 0. The molecule has 1 atom stereocenters. The van der Waals surface area contributed by atoms with Crippen molar-refractivity contribution in [3.63, 3.8) is 0 Å². The summed E-state index contributed by atoms with van der Waals surface area (Å²) in [6, 6.07) is 9.61. The maximum absolute atomic E-state index is 12.2. The molecule has 0 fully saturated rings. The van der Waals surface area contributed by atoms with Crippen LogP contribution in [-0.2, 0) is 17.8 Å². The Morgan fingerprint density at radius 1 is 1.40 bits per heavy atom. The smallest absolute Gasteiger partial charge is 0.229 e. The van der Waals surface area contributed by atoms with Crippen molar-refractivity contribution >= 4 is 17.2 Å². The lowest BCUT2D eigenvalue weighted by atomic mass is 9.98. The highest BCUT2D eigenvalue weighted by molar-refractivity contribution is 7.11. The van der Waals surface area contributed by atoms with E-state index in [0.29, 0.717) is 13.1 Å². The lowest BCUT2D eigenvalue weighted by Gasteiger charge is -2.14. The molecule has 0 radical (unpaired) electrons. The molecular formula is C15H19N3OS. The predicted octanol–water partition coefficient (Wildman–Crippen LogP) is 2.06. The van der Waals surface area contributed by atoms with Gasteiger partial charge in [-0.25, -0.2) is 4.98 Å². The third kappa shape index (κ3) is 3.65. The molecule has 106 valence electrons. The van der Waals surface area contributed by atoms with Gasteiger partial charge in [-0.15, -0.1) is 11.3 Å². The number of hydrogen-bond donors (Lipinski definition) is 2.